The van der Waals surface area contributed by atoms with Crippen LogP contribution >= 0.6 is 0 Å². The number of nitrogens with zero attached hydrogens (tertiary/aromatic N) is 3. The van der Waals surface area contributed by atoms with Gasteiger partial charge in [-0.25, -0.2) is 0 Å². The van der Waals surface area contributed by atoms with Gasteiger partial charge in [-0.2, -0.15) is 0 Å². The maximum atomic E-state index is 11.8. The predicted molar refractivity (Wildman–Crippen MR) is 104 cm³/mol. The molecule has 0 spiro atoms. The number of para-hydroxylation sites is 2. The Bertz CT molecular complexity index is 772. The van der Waals surface area contributed by atoms with Gasteiger partial charge in [0.15, 0.2) is 5.82 Å². The summed E-state index contributed by atoms with van der Waals surface area (Å²) < 4.78 is 10.0. The predicted octanol–water partition coefficient (Wildman–Crippen LogP) is 0.950. The number of anilines is 2. The molecule has 1 saturated heterocycles. The topological polar surface area (TPSA) is 99.9 Å². The van der Waals surface area contributed by atoms with Crippen LogP contribution in [0.1, 0.15) is 6.42 Å². The molecule has 9 nitrogen and oxygen atoms in total. The van der Waals surface area contributed by atoms with Crippen LogP contribution < -0.4 is 20.3 Å². The number of carbonyl (C=O) groups is 2. The highest BCUT2D eigenvalue weighted by Crippen LogP contribution is 2.28. The highest BCUT2D eigenvalue weighted by atomic mass is 16.5. The van der Waals surface area contributed by atoms with Crippen molar-refractivity contribution in [3.8, 4) is 5.75 Å². The van der Waals surface area contributed by atoms with Crippen molar-refractivity contribution in [3.05, 3.63) is 36.6 Å². The monoisotopic (exact) mass is 387 g/mol. The van der Waals surface area contributed by atoms with Crippen molar-refractivity contribution in [3.63, 3.8) is 0 Å². The molecule has 150 valence electrons. The molecule has 1 aromatic heterocycles. The summed E-state index contributed by atoms with van der Waals surface area (Å²) in [4.78, 5) is 28.1. The van der Waals surface area contributed by atoms with Crippen LogP contribution in [0.3, 0.4) is 0 Å². The lowest BCUT2D eigenvalue weighted by Crippen LogP contribution is -2.47. The van der Waals surface area contributed by atoms with E-state index in [0.717, 1.165) is 50.6 Å². The van der Waals surface area contributed by atoms with E-state index in [1.807, 2.05) is 18.2 Å². The van der Waals surface area contributed by atoms with Gasteiger partial charge in [-0.3, -0.25) is 19.8 Å². The van der Waals surface area contributed by atoms with Crippen LogP contribution in [-0.4, -0.2) is 68.2 Å². The molecule has 2 N–H and O–H groups in total. The summed E-state index contributed by atoms with van der Waals surface area (Å²) in [7, 11) is 1.69. The Balaban J connectivity index is 1.33. The van der Waals surface area contributed by atoms with E-state index in [-0.39, 0.29) is 5.82 Å². The van der Waals surface area contributed by atoms with Gasteiger partial charge in [0, 0.05) is 38.8 Å². The Kier molecular flexibility index (Phi) is 6.85. The van der Waals surface area contributed by atoms with E-state index >= 15 is 0 Å². The minimum absolute atomic E-state index is 0.216. The first-order chi connectivity index (χ1) is 13.7. The summed E-state index contributed by atoms with van der Waals surface area (Å²) in [6, 6.07) is 9.51. The number of hydrogen-bond acceptors (Lipinski definition) is 7. The maximum Gasteiger partial charge on any atom is 0.314 e. The fraction of sp³-hybridized carbons (Fsp3) is 0.421. The molecule has 28 heavy (non-hydrogen) atoms. The summed E-state index contributed by atoms with van der Waals surface area (Å²) in [5.74, 6) is -0.320. The summed E-state index contributed by atoms with van der Waals surface area (Å²) in [5.41, 5.74) is 1.12. The number of ether oxygens (including phenoxy) is 1. The van der Waals surface area contributed by atoms with E-state index in [4.69, 9.17) is 4.74 Å². The first-order valence-corrected chi connectivity index (χ1v) is 9.27. The molecule has 0 radical (unpaired) electrons. The minimum atomic E-state index is -0.751. The summed E-state index contributed by atoms with van der Waals surface area (Å²) in [5, 5.41) is 8.51. The normalized spacial score (nSPS) is 14.5. The average Bonchev–Trinajstić information content (AvgIpc) is 3.24. The van der Waals surface area contributed by atoms with Gasteiger partial charge in [-0.1, -0.05) is 17.3 Å². The number of carbonyl (C=O) groups excluding carboxylic acids is 2. The van der Waals surface area contributed by atoms with Crippen LogP contribution in [0.15, 0.2) is 41.1 Å². The van der Waals surface area contributed by atoms with Crippen LogP contribution in [0.25, 0.3) is 0 Å². The smallest absolute Gasteiger partial charge is 0.314 e. The number of amides is 2. The van der Waals surface area contributed by atoms with Crippen molar-refractivity contribution in [2.24, 2.45) is 0 Å². The Morgan fingerprint density at radius 3 is 2.64 bits per heavy atom. The second-order valence-corrected chi connectivity index (χ2v) is 6.45. The Hall–Kier alpha value is -3.07. The molecule has 0 bridgehead atoms. The first kappa shape index (κ1) is 19.7. The van der Waals surface area contributed by atoms with Gasteiger partial charge >= 0.3 is 11.8 Å². The first-order valence-electron chi connectivity index (χ1n) is 9.27. The van der Waals surface area contributed by atoms with Crippen LogP contribution in [0.5, 0.6) is 5.75 Å². The van der Waals surface area contributed by atoms with Gasteiger partial charge in [0.05, 0.1) is 12.8 Å². The van der Waals surface area contributed by atoms with Gasteiger partial charge in [-0.15, -0.1) is 0 Å². The Labute approximate surface area is 163 Å². The molecule has 1 fully saturated rings. The summed E-state index contributed by atoms with van der Waals surface area (Å²) in [6.07, 6.45) is 2.10. The Morgan fingerprint density at radius 1 is 1.14 bits per heavy atom. The lowest BCUT2D eigenvalue weighted by atomic mass is 10.2. The fourth-order valence-corrected chi connectivity index (χ4v) is 3.14. The zero-order valence-corrected chi connectivity index (χ0v) is 15.9. The van der Waals surface area contributed by atoms with E-state index in [1.165, 1.54) is 12.3 Å². The van der Waals surface area contributed by atoms with Crippen molar-refractivity contribution in [2.45, 2.75) is 6.42 Å². The molecule has 1 aromatic carbocycles. The van der Waals surface area contributed by atoms with Crippen LogP contribution in [0, 0.1) is 0 Å². The molecule has 2 amide bonds. The van der Waals surface area contributed by atoms with Gasteiger partial charge in [0.1, 0.15) is 12.0 Å². The number of piperazine rings is 1. The van der Waals surface area contributed by atoms with E-state index in [2.05, 4.69) is 36.2 Å². The molecule has 2 heterocycles. The van der Waals surface area contributed by atoms with Gasteiger partial charge in [0.25, 0.3) is 0 Å². The van der Waals surface area contributed by atoms with E-state index in [9.17, 15) is 9.59 Å². The molecule has 0 unspecified atom stereocenters. The van der Waals surface area contributed by atoms with Crippen LogP contribution in [0.2, 0.25) is 0 Å². The standard InChI is InChI=1S/C19H25N5O4/c1-27-16-6-3-2-5-15(16)24-12-10-23(11-13-24)9-4-8-20-18(25)19(26)21-17-7-14-28-22-17/h2-3,5-7,14H,4,8-13H2,1H3,(H,20,25)(H,21,22,26). The van der Waals surface area contributed by atoms with Crippen LogP contribution in [-0.2, 0) is 9.59 Å². The van der Waals surface area contributed by atoms with Crippen molar-refractivity contribution in [1.82, 2.24) is 15.4 Å². The third kappa shape index (κ3) is 5.23. The largest absolute Gasteiger partial charge is 0.495 e. The number of aromatic nitrogens is 1. The molecule has 1 aliphatic rings. The number of benzene rings is 1. The zero-order chi connectivity index (χ0) is 19.8. The minimum Gasteiger partial charge on any atom is -0.495 e. The van der Waals surface area contributed by atoms with Crippen molar-refractivity contribution < 1.29 is 18.8 Å². The quantitative estimate of drug-likeness (QED) is 0.539. The van der Waals surface area contributed by atoms with Gasteiger partial charge in [0.2, 0.25) is 0 Å². The molecule has 0 aliphatic carbocycles. The van der Waals surface area contributed by atoms with Crippen molar-refractivity contribution in [2.75, 3.05) is 56.6 Å². The van der Waals surface area contributed by atoms with Crippen LogP contribution in [0.4, 0.5) is 11.5 Å². The third-order valence-corrected chi connectivity index (χ3v) is 4.62. The summed E-state index contributed by atoms with van der Waals surface area (Å²) >= 11 is 0. The molecule has 1 aliphatic heterocycles. The Morgan fingerprint density at radius 2 is 1.93 bits per heavy atom. The number of rotatable bonds is 7. The second-order valence-electron chi connectivity index (χ2n) is 6.45. The molecule has 0 atom stereocenters. The molecule has 3 rings (SSSR count). The van der Waals surface area contributed by atoms with Gasteiger partial charge < -0.3 is 19.5 Å². The SMILES string of the molecule is COc1ccccc1N1CCN(CCCNC(=O)C(=O)Nc2ccon2)CC1. The average molecular weight is 387 g/mol. The highest BCUT2D eigenvalue weighted by Gasteiger charge is 2.19. The maximum absolute atomic E-state index is 11.8. The van der Waals surface area contributed by atoms with E-state index < -0.39 is 11.8 Å². The number of nitrogens with one attached hydrogen (secondary N) is 2. The number of hydrogen-bond donors (Lipinski definition) is 2. The second kappa shape index (κ2) is 9.75. The molecular formula is C19H25N5O4. The van der Waals surface area contributed by atoms with Gasteiger partial charge in [-0.05, 0) is 25.1 Å². The molecule has 0 saturated carbocycles. The molecular weight excluding hydrogens is 362 g/mol. The van der Waals surface area contributed by atoms with Crippen molar-refractivity contribution >= 4 is 23.3 Å². The third-order valence-electron chi connectivity index (χ3n) is 4.62. The highest BCUT2D eigenvalue weighted by molar-refractivity contribution is 6.39. The molecule has 9 heteroatoms. The lowest BCUT2D eigenvalue weighted by molar-refractivity contribution is -0.136. The van der Waals surface area contributed by atoms with Crippen molar-refractivity contribution in [1.29, 1.82) is 0 Å². The lowest BCUT2D eigenvalue weighted by Gasteiger charge is -2.36. The number of methoxy groups -OCH3 is 1. The van der Waals surface area contributed by atoms with E-state index in [1.54, 1.807) is 7.11 Å². The summed E-state index contributed by atoms with van der Waals surface area (Å²) in [6.45, 7) is 5.04. The molecule has 2 aromatic rings. The van der Waals surface area contributed by atoms with E-state index in [0.29, 0.717) is 6.54 Å². The fourth-order valence-electron chi connectivity index (χ4n) is 3.14. The zero-order valence-electron chi connectivity index (χ0n) is 15.9.